The second-order valence-electron chi connectivity index (χ2n) is 12.9. The van der Waals surface area contributed by atoms with Gasteiger partial charge in [0.15, 0.2) is 0 Å². The fourth-order valence-electron chi connectivity index (χ4n) is 9.59. The molecule has 3 saturated carbocycles. The average Bonchev–Trinajstić information content (AvgIpc) is 3.14. The third-order valence-corrected chi connectivity index (χ3v) is 11.3. The molecule has 0 spiro atoms. The van der Waals surface area contributed by atoms with E-state index in [0.29, 0.717) is 23.4 Å². The number of nitrogens with zero attached hydrogens (tertiary/aromatic N) is 2. The highest BCUT2D eigenvalue weighted by Crippen LogP contribution is 2.66. The molecule has 1 aliphatic heterocycles. The van der Waals surface area contributed by atoms with Crippen molar-refractivity contribution in [2.45, 2.75) is 97.8 Å². The number of carbonyl (C=O) groups excluding carboxylic acids is 1. The summed E-state index contributed by atoms with van der Waals surface area (Å²) in [5.41, 5.74) is 0.487. The van der Waals surface area contributed by atoms with Crippen molar-refractivity contribution in [1.29, 1.82) is 0 Å². The van der Waals surface area contributed by atoms with Crippen LogP contribution in [0.1, 0.15) is 79.6 Å². The van der Waals surface area contributed by atoms with Crippen LogP contribution >= 0.6 is 0 Å². The van der Waals surface area contributed by atoms with Crippen LogP contribution in [0.4, 0.5) is 0 Å². The Bertz CT molecular complexity index is 794. The molecule has 0 amide bonds. The van der Waals surface area contributed by atoms with Gasteiger partial charge in [0.05, 0.1) is 13.2 Å². The zero-order valence-corrected chi connectivity index (χ0v) is 23.0. The summed E-state index contributed by atoms with van der Waals surface area (Å²) in [5.74, 6) is 2.82. The van der Waals surface area contributed by atoms with Crippen LogP contribution in [0.15, 0.2) is 12.2 Å². The second-order valence-corrected chi connectivity index (χ2v) is 12.9. The molecule has 198 valence electrons. The van der Waals surface area contributed by atoms with Crippen molar-refractivity contribution in [3.05, 3.63) is 12.2 Å². The van der Waals surface area contributed by atoms with Gasteiger partial charge in [0.1, 0.15) is 6.10 Å². The van der Waals surface area contributed by atoms with Crippen LogP contribution in [0.5, 0.6) is 0 Å². The molecule has 0 bridgehead atoms. The minimum atomic E-state index is -0.0991. The first-order valence-corrected chi connectivity index (χ1v) is 14.7. The molecule has 5 rings (SSSR count). The number of ether oxygens (including phenoxy) is 2. The lowest BCUT2D eigenvalue weighted by Crippen LogP contribution is -2.56. The highest BCUT2D eigenvalue weighted by Gasteiger charge is 2.63. The van der Waals surface area contributed by atoms with Crippen molar-refractivity contribution in [2.24, 2.45) is 34.5 Å². The molecule has 0 radical (unpaired) electrons. The highest BCUT2D eigenvalue weighted by molar-refractivity contribution is 5.66. The van der Waals surface area contributed by atoms with Crippen molar-refractivity contribution in [1.82, 2.24) is 9.80 Å². The third-order valence-electron chi connectivity index (χ3n) is 11.3. The van der Waals surface area contributed by atoms with E-state index < -0.39 is 0 Å². The van der Waals surface area contributed by atoms with E-state index in [-0.39, 0.29) is 17.5 Å². The molecule has 35 heavy (non-hydrogen) atoms. The van der Waals surface area contributed by atoms with Crippen LogP contribution in [0.3, 0.4) is 0 Å². The van der Waals surface area contributed by atoms with E-state index in [9.17, 15) is 4.79 Å². The summed E-state index contributed by atoms with van der Waals surface area (Å²) in [6, 6.07) is 0.938. The number of fused-ring (bicyclic) bond motifs is 5. The summed E-state index contributed by atoms with van der Waals surface area (Å²) in [7, 11) is 0. The van der Waals surface area contributed by atoms with Crippen LogP contribution in [0, 0.1) is 34.5 Å². The topological polar surface area (TPSA) is 42.0 Å². The molecule has 0 N–H and O–H groups in total. The van der Waals surface area contributed by atoms with Gasteiger partial charge < -0.3 is 9.47 Å². The van der Waals surface area contributed by atoms with Crippen LogP contribution in [0.2, 0.25) is 0 Å². The Morgan fingerprint density at radius 1 is 1.09 bits per heavy atom. The van der Waals surface area contributed by atoms with Crippen LogP contribution < -0.4 is 0 Å². The summed E-state index contributed by atoms with van der Waals surface area (Å²) in [5, 5.41) is 0. The van der Waals surface area contributed by atoms with Gasteiger partial charge in [-0.15, -0.1) is 0 Å². The monoisotopic (exact) mass is 486 g/mol. The van der Waals surface area contributed by atoms with E-state index in [1.807, 2.05) is 0 Å². The molecule has 5 aliphatic rings. The van der Waals surface area contributed by atoms with E-state index in [0.717, 1.165) is 63.6 Å². The zero-order valence-electron chi connectivity index (χ0n) is 23.0. The van der Waals surface area contributed by atoms with Gasteiger partial charge in [0, 0.05) is 37.5 Å². The molecule has 5 heteroatoms. The number of esters is 1. The Balaban J connectivity index is 1.41. The summed E-state index contributed by atoms with van der Waals surface area (Å²) in [6.07, 6.45) is 14.0. The van der Waals surface area contributed by atoms with Crippen LogP contribution in [0.25, 0.3) is 0 Å². The van der Waals surface area contributed by atoms with Gasteiger partial charge in [-0.1, -0.05) is 39.8 Å². The SMILES string of the molecule is CCCN(CC)C1CC2C3CCC4C=CC(N5CCOCC5)CC4(C)C3CCC2(C)C1OC(C)=O. The lowest BCUT2D eigenvalue weighted by Gasteiger charge is -2.60. The largest absolute Gasteiger partial charge is 0.460 e. The lowest BCUT2D eigenvalue weighted by molar-refractivity contribution is -0.163. The summed E-state index contributed by atoms with van der Waals surface area (Å²) in [4.78, 5) is 17.6. The molecule has 1 heterocycles. The number of likely N-dealkylation sites (N-methyl/N-ethyl adjacent to an activating group) is 1. The maximum atomic E-state index is 12.3. The summed E-state index contributed by atoms with van der Waals surface area (Å²) in [6.45, 7) is 17.3. The van der Waals surface area contributed by atoms with E-state index >= 15 is 0 Å². The average molecular weight is 487 g/mol. The number of morpholine rings is 1. The Labute approximate surface area is 214 Å². The van der Waals surface area contributed by atoms with Crippen LogP contribution in [-0.2, 0) is 14.3 Å². The minimum absolute atomic E-state index is 0.0373. The molecule has 0 aromatic carbocycles. The van der Waals surface area contributed by atoms with Crippen LogP contribution in [-0.4, -0.2) is 73.3 Å². The number of hydrogen-bond acceptors (Lipinski definition) is 5. The number of hydrogen-bond donors (Lipinski definition) is 0. The fourth-order valence-corrected chi connectivity index (χ4v) is 9.59. The van der Waals surface area contributed by atoms with Gasteiger partial charge in [-0.3, -0.25) is 14.6 Å². The Kier molecular flexibility index (Phi) is 7.42. The van der Waals surface area contributed by atoms with Crippen molar-refractivity contribution < 1.29 is 14.3 Å². The second kappa shape index (κ2) is 10.1. The highest BCUT2D eigenvalue weighted by atomic mass is 16.5. The van der Waals surface area contributed by atoms with Gasteiger partial charge in [0.25, 0.3) is 0 Å². The van der Waals surface area contributed by atoms with Crippen molar-refractivity contribution >= 4 is 5.97 Å². The van der Waals surface area contributed by atoms with E-state index in [4.69, 9.17) is 9.47 Å². The first-order valence-electron chi connectivity index (χ1n) is 14.7. The zero-order chi connectivity index (χ0) is 24.8. The maximum absolute atomic E-state index is 12.3. The molecule has 0 aromatic heterocycles. The van der Waals surface area contributed by atoms with Crippen molar-refractivity contribution in [3.8, 4) is 0 Å². The molecule has 0 aromatic rings. The van der Waals surface area contributed by atoms with Gasteiger partial charge >= 0.3 is 5.97 Å². The summed E-state index contributed by atoms with van der Waals surface area (Å²) < 4.78 is 11.9. The standard InChI is InChI=1S/C30H50N2O3/c1-6-14-31(7-2)27-19-26-24-11-9-22-8-10-23(32-15-17-34-18-16-32)20-30(22,5)25(24)12-13-29(26,4)28(27)35-21(3)33/h8,10,22-28H,6-7,9,11-20H2,1-5H3. The van der Waals surface area contributed by atoms with E-state index in [1.165, 1.54) is 38.5 Å². The fraction of sp³-hybridized carbons (Fsp3) is 0.900. The molecule has 9 atom stereocenters. The molecule has 5 nitrogen and oxygen atoms in total. The van der Waals surface area contributed by atoms with Gasteiger partial charge in [-0.25, -0.2) is 0 Å². The normalized spacial score (nSPS) is 45.6. The quantitative estimate of drug-likeness (QED) is 0.384. The maximum Gasteiger partial charge on any atom is 0.302 e. The molecular weight excluding hydrogens is 436 g/mol. The van der Waals surface area contributed by atoms with Crippen molar-refractivity contribution in [2.75, 3.05) is 39.4 Å². The smallest absolute Gasteiger partial charge is 0.302 e. The molecule has 4 fully saturated rings. The lowest BCUT2D eigenvalue weighted by atomic mass is 9.46. The number of carbonyl (C=O) groups is 1. The number of rotatable bonds is 6. The first-order chi connectivity index (χ1) is 16.8. The number of allylic oxidation sites excluding steroid dienone is 1. The third kappa shape index (κ3) is 4.42. The predicted octanol–water partition coefficient (Wildman–Crippen LogP) is 5.15. The Morgan fingerprint density at radius 3 is 2.54 bits per heavy atom. The van der Waals surface area contributed by atoms with Gasteiger partial charge in [-0.2, -0.15) is 0 Å². The van der Waals surface area contributed by atoms with Gasteiger partial charge in [0.2, 0.25) is 0 Å². The predicted molar refractivity (Wildman–Crippen MR) is 140 cm³/mol. The molecule has 1 saturated heterocycles. The van der Waals surface area contributed by atoms with E-state index in [2.05, 4.69) is 49.6 Å². The molecule has 4 aliphatic carbocycles. The van der Waals surface area contributed by atoms with E-state index in [1.54, 1.807) is 6.92 Å². The van der Waals surface area contributed by atoms with Crippen molar-refractivity contribution in [3.63, 3.8) is 0 Å². The Hall–Kier alpha value is -0.910. The molecule has 9 unspecified atom stereocenters. The first kappa shape index (κ1) is 25.7. The van der Waals surface area contributed by atoms with Gasteiger partial charge in [-0.05, 0) is 87.1 Å². The minimum Gasteiger partial charge on any atom is -0.460 e. The Morgan fingerprint density at radius 2 is 1.86 bits per heavy atom. The summed E-state index contributed by atoms with van der Waals surface area (Å²) >= 11 is 0. The molecular formula is C30H50N2O3.